The van der Waals surface area contributed by atoms with Crippen LogP contribution in [0.1, 0.15) is 26.2 Å². The number of aliphatic hydroxyl groups excluding tert-OH is 1. The molecule has 1 atom stereocenters. The van der Waals surface area contributed by atoms with Crippen LogP contribution in [0.2, 0.25) is 0 Å². The van der Waals surface area contributed by atoms with E-state index in [-0.39, 0.29) is 12.6 Å². The van der Waals surface area contributed by atoms with Gasteiger partial charge in [0.2, 0.25) is 0 Å². The van der Waals surface area contributed by atoms with Crippen molar-refractivity contribution in [1.29, 1.82) is 0 Å². The van der Waals surface area contributed by atoms with E-state index in [1.165, 1.54) is 6.42 Å². The highest BCUT2D eigenvalue weighted by molar-refractivity contribution is 4.59. The molecule has 0 bridgehead atoms. The Kier molecular flexibility index (Phi) is 7.45. The second kappa shape index (κ2) is 7.53. The Morgan fingerprint density at radius 1 is 1.42 bits per heavy atom. The number of nitrogens with two attached hydrogens (primary N) is 1. The Morgan fingerprint density at radius 3 is 2.58 bits per heavy atom. The van der Waals surface area contributed by atoms with E-state index >= 15 is 0 Å². The van der Waals surface area contributed by atoms with E-state index in [1.54, 1.807) is 0 Å². The lowest BCUT2D eigenvalue weighted by atomic mass is 10.1. The van der Waals surface area contributed by atoms with Crippen LogP contribution in [0.4, 0.5) is 0 Å². The Balaban J connectivity index is 3.10. The van der Waals surface area contributed by atoms with E-state index in [9.17, 15) is 0 Å². The van der Waals surface area contributed by atoms with Gasteiger partial charge in [0.05, 0.1) is 6.61 Å². The van der Waals surface area contributed by atoms with Gasteiger partial charge in [-0.3, -0.25) is 0 Å². The average molecular weight is 174 g/mol. The van der Waals surface area contributed by atoms with Crippen molar-refractivity contribution in [3.8, 4) is 0 Å². The number of nitrogens with zero attached hydrogens (tertiary/aromatic N) is 1. The predicted octanol–water partition coefficient (Wildman–Crippen LogP) is 0.428. The van der Waals surface area contributed by atoms with Gasteiger partial charge in [0.15, 0.2) is 0 Å². The van der Waals surface area contributed by atoms with Gasteiger partial charge < -0.3 is 15.7 Å². The van der Waals surface area contributed by atoms with E-state index in [1.807, 2.05) is 0 Å². The molecule has 0 rings (SSSR count). The summed E-state index contributed by atoms with van der Waals surface area (Å²) >= 11 is 0. The summed E-state index contributed by atoms with van der Waals surface area (Å²) in [5, 5.41) is 8.65. The van der Waals surface area contributed by atoms with Crippen LogP contribution in [0.25, 0.3) is 0 Å². The van der Waals surface area contributed by atoms with Crippen LogP contribution in [0.15, 0.2) is 0 Å². The summed E-state index contributed by atoms with van der Waals surface area (Å²) in [6, 6.07) is -0.0167. The third-order valence-electron chi connectivity index (χ3n) is 2.14. The zero-order chi connectivity index (χ0) is 9.40. The summed E-state index contributed by atoms with van der Waals surface area (Å²) < 4.78 is 0. The first kappa shape index (κ1) is 11.9. The molecular formula is C9H22N2O. The van der Waals surface area contributed by atoms with Crippen molar-refractivity contribution in [3.63, 3.8) is 0 Å². The van der Waals surface area contributed by atoms with Crippen LogP contribution >= 0.6 is 0 Å². The van der Waals surface area contributed by atoms with Crippen LogP contribution in [0.3, 0.4) is 0 Å². The lowest BCUT2D eigenvalue weighted by Gasteiger charge is -2.14. The molecule has 1 unspecified atom stereocenters. The molecule has 0 fully saturated rings. The number of unbranched alkanes of at least 4 members (excludes halogenated alkanes) is 1. The summed E-state index contributed by atoms with van der Waals surface area (Å²) in [5.41, 5.74) is 5.56. The highest BCUT2D eigenvalue weighted by atomic mass is 16.3. The Labute approximate surface area is 75.6 Å². The molecule has 3 heteroatoms. The van der Waals surface area contributed by atoms with Crippen molar-refractivity contribution < 1.29 is 5.11 Å². The van der Waals surface area contributed by atoms with Crippen molar-refractivity contribution in [3.05, 3.63) is 0 Å². The molecule has 74 valence electrons. The molecule has 0 saturated heterocycles. The molecule has 0 aromatic carbocycles. The van der Waals surface area contributed by atoms with E-state index in [4.69, 9.17) is 10.8 Å². The van der Waals surface area contributed by atoms with Gasteiger partial charge in [-0.15, -0.1) is 0 Å². The minimum absolute atomic E-state index is 0.0167. The normalized spacial score (nSPS) is 13.8. The van der Waals surface area contributed by atoms with Crippen LogP contribution < -0.4 is 5.73 Å². The van der Waals surface area contributed by atoms with E-state index in [0.29, 0.717) is 0 Å². The largest absolute Gasteiger partial charge is 0.395 e. The summed E-state index contributed by atoms with van der Waals surface area (Å²) in [6.07, 6.45) is 3.23. The van der Waals surface area contributed by atoms with Gasteiger partial charge in [-0.25, -0.2) is 0 Å². The molecule has 0 spiro atoms. The van der Waals surface area contributed by atoms with Gasteiger partial charge in [-0.1, -0.05) is 13.3 Å². The van der Waals surface area contributed by atoms with Crippen LogP contribution in [0, 0.1) is 0 Å². The molecule has 0 aliphatic rings. The maximum atomic E-state index is 8.65. The first-order chi connectivity index (χ1) is 5.70. The minimum Gasteiger partial charge on any atom is -0.395 e. The summed E-state index contributed by atoms with van der Waals surface area (Å²) in [5.74, 6) is 0. The molecule has 0 radical (unpaired) electrons. The SMILES string of the molecule is CCN(C)CCCCC(N)CO. The topological polar surface area (TPSA) is 49.5 Å². The molecular weight excluding hydrogens is 152 g/mol. The van der Waals surface area contributed by atoms with Crippen LogP contribution in [-0.4, -0.2) is 42.8 Å². The van der Waals surface area contributed by atoms with E-state index in [0.717, 1.165) is 25.9 Å². The molecule has 0 saturated carbocycles. The summed E-state index contributed by atoms with van der Waals surface area (Å²) in [6.45, 7) is 4.50. The molecule has 12 heavy (non-hydrogen) atoms. The number of hydrogen-bond acceptors (Lipinski definition) is 3. The van der Waals surface area contributed by atoms with Crippen molar-refractivity contribution >= 4 is 0 Å². The smallest absolute Gasteiger partial charge is 0.0582 e. The fourth-order valence-corrected chi connectivity index (χ4v) is 1.04. The highest BCUT2D eigenvalue weighted by Crippen LogP contribution is 1.99. The van der Waals surface area contributed by atoms with Crippen LogP contribution in [-0.2, 0) is 0 Å². The quantitative estimate of drug-likeness (QED) is 0.550. The highest BCUT2D eigenvalue weighted by Gasteiger charge is 2.00. The number of rotatable bonds is 7. The Morgan fingerprint density at radius 2 is 2.08 bits per heavy atom. The second-order valence-electron chi connectivity index (χ2n) is 3.33. The van der Waals surface area contributed by atoms with Crippen molar-refractivity contribution in [2.45, 2.75) is 32.2 Å². The van der Waals surface area contributed by atoms with Gasteiger partial charge in [0.25, 0.3) is 0 Å². The predicted molar refractivity (Wildman–Crippen MR) is 52.1 cm³/mol. The number of aliphatic hydroxyl groups is 1. The lowest BCUT2D eigenvalue weighted by Crippen LogP contribution is -2.25. The van der Waals surface area contributed by atoms with E-state index < -0.39 is 0 Å². The Hall–Kier alpha value is -0.120. The molecule has 0 aliphatic carbocycles. The average Bonchev–Trinajstić information content (AvgIpc) is 2.11. The summed E-state index contributed by atoms with van der Waals surface area (Å²) in [4.78, 5) is 2.28. The van der Waals surface area contributed by atoms with Crippen molar-refractivity contribution in [1.82, 2.24) is 4.90 Å². The molecule has 0 aromatic rings. The fraction of sp³-hybridized carbons (Fsp3) is 1.00. The van der Waals surface area contributed by atoms with Gasteiger partial charge >= 0.3 is 0 Å². The maximum absolute atomic E-state index is 8.65. The van der Waals surface area contributed by atoms with Crippen LogP contribution in [0.5, 0.6) is 0 Å². The fourth-order valence-electron chi connectivity index (χ4n) is 1.04. The maximum Gasteiger partial charge on any atom is 0.0582 e. The van der Waals surface area contributed by atoms with Crippen molar-refractivity contribution in [2.75, 3.05) is 26.7 Å². The monoisotopic (exact) mass is 174 g/mol. The number of hydrogen-bond donors (Lipinski definition) is 2. The summed E-state index contributed by atoms with van der Waals surface area (Å²) in [7, 11) is 2.12. The lowest BCUT2D eigenvalue weighted by molar-refractivity contribution is 0.255. The second-order valence-corrected chi connectivity index (χ2v) is 3.33. The van der Waals surface area contributed by atoms with Gasteiger partial charge in [0, 0.05) is 6.04 Å². The van der Waals surface area contributed by atoms with E-state index in [2.05, 4.69) is 18.9 Å². The van der Waals surface area contributed by atoms with Gasteiger partial charge in [0.1, 0.15) is 0 Å². The molecule has 3 N–H and O–H groups in total. The van der Waals surface area contributed by atoms with Crippen molar-refractivity contribution in [2.24, 2.45) is 5.73 Å². The zero-order valence-corrected chi connectivity index (χ0v) is 8.29. The molecule has 0 amide bonds. The third kappa shape index (κ3) is 6.58. The Bertz CT molecular complexity index is 86.5. The molecule has 3 nitrogen and oxygen atoms in total. The third-order valence-corrected chi connectivity index (χ3v) is 2.14. The zero-order valence-electron chi connectivity index (χ0n) is 8.29. The van der Waals surface area contributed by atoms with Gasteiger partial charge in [-0.2, -0.15) is 0 Å². The van der Waals surface area contributed by atoms with Gasteiger partial charge in [-0.05, 0) is 33.0 Å². The molecule has 0 aliphatic heterocycles. The molecule has 0 heterocycles. The molecule has 0 aromatic heterocycles. The minimum atomic E-state index is -0.0167. The first-order valence-corrected chi connectivity index (χ1v) is 4.75. The first-order valence-electron chi connectivity index (χ1n) is 4.75. The standard InChI is InChI=1S/C9H22N2O/c1-3-11(2)7-5-4-6-9(10)8-12/h9,12H,3-8,10H2,1-2H3.